The second-order valence-corrected chi connectivity index (χ2v) is 6.26. The van der Waals surface area contributed by atoms with E-state index < -0.39 is 0 Å². The maximum Gasteiger partial charge on any atom is 0.244 e. The Morgan fingerprint density at radius 1 is 1.21 bits per heavy atom. The first-order valence-corrected chi connectivity index (χ1v) is 8.30. The third-order valence-corrected chi connectivity index (χ3v) is 4.56. The largest absolute Gasteiger partial charge is 0.364 e. The normalized spacial score (nSPS) is 18.3. The summed E-state index contributed by atoms with van der Waals surface area (Å²) < 4.78 is 10.5. The molecule has 1 atom stereocenters. The molecule has 1 aliphatic rings. The van der Waals surface area contributed by atoms with Crippen molar-refractivity contribution in [2.75, 3.05) is 6.54 Å². The summed E-state index contributed by atoms with van der Waals surface area (Å²) in [5, 5.41) is 8.02. The molecule has 0 radical (unpaired) electrons. The number of aryl methyl sites for hydroxylation is 1. The van der Waals surface area contributed by atoms with Crippen LogP contribution in [0.4, 0.5) is 0 Å². The number of rotatable bonds is 5. The molecule has 24 heavy (non-hydrogen) atoms. The lowest BCUT2D eigenvalue weighted by Gasteiger charge is -2.21. The molecule has 6 nitrogen and oxygen atoms in total. The lowest BCUT2D eigenvalue weighted by atomic mass is 10.1. The van der Waals surface area contributed by atoms with Crippen molar-refractivity contribution in [1.82, 2.24) is 20.2 Å². The Hall–Kier alpha value is -2.47. The molecule has 0 bridgehead atoms. The van der Waals surface area contributed by atoms with Gasteiger partial charge in [-0.1, -0.05) is 40.6 Å². The molecule has 1 aliphatic heterocycles. The van der Waals surface area contributed by atoms with E-state index >= 15 is 0 Å². The lowest BCUT2D eigenvalue weighted by Crippen LogP contribution is -2.23. The molecule has 0 amide bonds. The zero-order chi connectivity index (χ0) is 16.4. The van der Waals surface area contributed by atoms with Gasteiger partial charge >= 0.3 is 0 Å². The molecule has 1 aromatic carbocycles. The summed E-state index contributed by atoms with van der Waals surface area (Å²) in [5.74, 6) is 1.40. The van der Waals surface area contributed by atoms with Crippen LogP contribution in [0, 0.1) is 6.92 Å². The van der Waals surface area contributed by atoms with Gasteiger partial charge in [0.25, 0.3) is 0 Å². The van der Waals surface area contributed by atoms with Gasteiger partial charge in [0.1, 0.15) is 6.26 Å². The van der Waals surface area contributed by atoms with Crippen LogP contribution in [0.3, 0.4) is 0 Å². The Balaban J connectivity index is 1.48. The molecule has 1 fully saturated rings. The second kappa shape index (κ2) is 6.57. The molecule has 0 spiro atoms. The van der Waals surface area contributed by atoms with Crippen LogP contribution in [0.15, 0.2) is 45.6 Å². The van der Waals surface area contributed by atoms with Gasteiger partial charge in [-0.05, 0) is 31.9 Å². The molecule has 6 heteroatoms. The van der Waals surface area contributed by atoms with E-state index in [1.807, 2.05) is 13.0 Å². The van der Waals surface area contributed by atoms with Gasteiger partial charge in [0.05, 0.1) is 11.7 Å². The third kappa shape index (κ3) is 3.10. The average Bonchev–Trinajstić information content (AvgIpc) is 3.31. The van der Waals surface area contributed by atoms with Crippen LogP contribution in [-0.4, -0.2) is 26.7 Å². The van der Waals surface area contributed by atoms with E-state index in [0.29, 0.717) is 18.1 Å². The van der Waals surface area contributed by atoms with Gasteiger partial charge in [0.2, 0.25) is 5.89 Å². The molecule has 3 heterocycles. The highest BCUT2D eigenvalue weighted by atomic mass is 16.5. The Labute approximate surface area is 140 Å². The van der Waals surface area contributed by atoms with Crippen molar-refractivity contribution in [2.45, 2.75) is 38.8 Å². The van der Waals surface area contributed by atoms with Gasteiger partial charge in [0.15, 0.2) is 5.82 Å². The van der Waals surface area contributed by atoms with E-state index in [-0.39, 0.29) is 6.04 Å². The van der Waals surface area contributed by atoms with Crippen molar-refractivity contribution in [3.63, 3.8) is 0 Å². The maximum absolute atomic E-state index is 5.55. The minimum atomic E-state index is 0.204. The molecule has 3 aromatic rings. The van der Waals surface area contributed by atoms with Gasteiger partial charge in [-0.3, -0.25) is 4.90 Å². The summed E-state index contributed by atoms with van der Waals surface area (Å²) in [6.07, 6.45) is 4.44. The Morgan fingerprint density at radius 2 is 2.08 bits per heavy atom. The summed E-state index contributed by atoms with van der Waals surface area (Å²) in [4.78, 5) is 7.03. The average molecular weight is 324 g/mol. The molecule has 0 saturated carbocycles. The first-order chi connectivity index (χ1) is 11.8. The first-order valence-electron chi connectivity index (χ1n) is 8.30. The van der Waals surface area contributed by atoms with Crippen molar-refractivity contribution in [3.8, 4) is 0 Å². The number of benzene rings is 1. The van der Waals surface area contributed by atoms with E-state index in [1.54, 1.807) is 6.26 Å². The van der Waals surface area contributed by atoms with Crippen LogP contribution < -0.4 is 0 Å². The van der Waals surface area contributed by atoms with E-state index in [9.17, 15) is 0 Å². The van der Waals surface area contributed by atoms with Crippen molar-refractivity contribution in [1.29, 1.82) is 0 Å². The van der Waals surface area contributed by atoms with Crippen molar-refractivity contribution in [2.24, 2.45) is 0 Å². The lowest BCUT2D eigenvalue weighted by molar-refractivity contribution is 0.201. The summed E-state index contributed by atoms with van der Waals surface area (Å²) >= 11 is 0. The van der Waals surface area contributed by atoms with Gasteiger partial charge in [-0.2, -0.15) is 4.98 Å². The minimum absolute atomic E-state index is 0.204. The topological polar surface area (TPSA) is 68.2 Å². The smallest absolute Gasteiger partial charge is 0.244 e. The molecular formula is C18H20N4O2. The quantitative estimate of drug-likeness (QED) is 0.717. The fourth-order valence-electron chi connectivity index (χ4n) is 3.24. The predicted octanol–water partition coefficient (Wildman–Crippen LogP) is 3.29. The standard InChI is InChI=1S/C18H20N4O2/c1-13-15(12-23-20-13)10-17-19-18(24-21-17)16-8-5-9-22(16)11-14-6-3-2-4-7-14/h2-4,6-7,12,16H,5,8-11H2,1H3. The highest BCUT2D eigenvalue weighted by Gasteiger charge is 2.30. The second-order valence-electron chi connectivity index (χ2n) is 6.26. The van der Waals surface area contributed by atoms with Crippen LogP contribution in [-0.2, 0) is 13.0 Å². The Bertz CT molecular complexity index is 796. The minimum Gasteiger partial charge on any atom is -0.364 e. The van der Waals surface area contributed by atoms with Gasteiger partial charge in [-0.25, -0.2) is 0 Å². The maximum atomic E-state index is 5.55. The molecule has 0 N–H and O–H groups in total. The van der Waals surface area contributed by atoms with E-state index in [1.165, 1.54) is 5.56 Å². The highest BCUT2D eigenvalue weighted by Crippen LogP contribution is 2.32. The van der Waals surface area contributed by atoms with Gasteiger partial charge in [-0.15, -0.1) is 0 Å². The van der Waals surface area contributed by atoms with Gasteiger partial charge < -0.3 is 9.05 Å². The van der Waals surface area contributed by atoms with Crippen LogP contribution >= 0.6 is 0 Å². The van der Waals surface area contributed by atoms with Crippen LogP contribution in [0.1, 0.15) is 47.4 Å². The number of nitrogens with zero attached hydrogens (tertiary/aromatic N) is 4. The fraction of sp³-hybridized carbons (Fsp3) is 0.389. The van der Waals surface area contributed by atoms with Crippen LogP contribution in [0.25, 0.3) is 0 Å². The van der Waals surface area contributed by atoms with E-state index in [0.717, 1.165) is 37.2 Å². The van der Waals surface area contributed by atoms with E-state index in [4.69, 9.17) is 9.05 Å². The zero-order valence-electron chi connectivity index (χ0n) is 13.7. The van der Waals surface area contributed by atoms with Crippen molar-refractivity contribution < 1.29 is 9.05 Å². The van der Waals surface area contributed by atoms with Crippen LogP contribution in [0.5, 0.6) is 0 Å². The SMILES string of the molecule is Cc1nocc1Cc1noc(C2CCCN2Cc2ccccc2)n1. The predicted molar refractivity (Wildman–Crippen MR) is 87.2 cm³/mol. The van der Waals surface area contributed by atoms with Crippen LogP contribution in [0.2, 0.25) is 0 Å². The fourth-order valence-corrected chi connectivity index (χ4v) is 3.24. The zero-order valence-corrected chi connectivity index (χ0v) is 13.7. The van der Waals surface area contributed by atoms with Crippen molar-refractivity contribution >= 4 is 0 Å². The van der Waals surface area contributed by atoms with Gasteiger partial charge in [0, 0.05) is 18.5 Å². The molecule has 1 saturated heterocycles. The first kappa shape index (κ1) is 15.1. The number of hydrogen-bond acceptors (Lipinski definition) is 6. The number of likely N-dealkylation sites (tertiary alicyclic amines) is 1. The third-order valence-electron chi connectivity index (χ3n) is 4.56. The Morgan fingerprint density at radius 3 is 2.88 bits per heavy atom. The molecule has 2 aromatic heterocycles. The summed E-state index contributed by atoms with van der Waals surface area (Å²) in [7, 11) is 0. The number of aromatic nitrogens is 3. The Kier molecular flexibility index (Phi) is 4.13. The summed E-state index contributed by atoms with van der Waals surface area (Å²) in [5.41, 5.74) is 3.17. The summed E-state index contributed by atoms with van der Waals surface area (Å²) in [6.45, 7) is 3.88. The molecule has 0 aliphatic carbocycles. The summed E-state index contributed by atoms with van der Waals surface area (Å²) in [6, 6.07) is 10.7. The van der Waals surface area contributed by atoms with Crippen molar-refractivity contribution in [3.05, 3.63) is 65.1 Å². The molecule has 4 rings (SSSR count). The van der Waals surface area contributed by atoms with E-state index in [2.05, 4.69) is 44.5 Å². The highest BCUT2D eigenvalue weighted by molar-refractivity contribution is 5.18. The number of hydrogen-bond donors (Lipinski definition) is 0. The molecular weight excluding hydrogens is 304 g/mol. The molecule has 124 valence electrons. The monoisotopic (exact) mass is 324 g/mol. The molecule has 1 unspecified atom stereocenters.